The summed E-state index contributed by atoms with van der Waals surface area (Å²) in [6, 6.07) is 1.38. The van der Waals surface area contributed by atoms with Crippen LogP contribution in [0.3, 0.4) is 0 Å². The van der Waals surface area contributed by atoms with Gasteiger partial charge in [0, 0.05) is 18.8 Å². The second-order valence-electron chi connectivity index (χ2n) is 3.33. The summed E-state index contributed by atoms with van der Waals surface area (Å²) in [5, 5.41) is 2.92. The second-order valence-corrected chi connectivity index (χ2v) is 3.33. The fourth-order valence-corrected chi connectivity index (χ4v) is 1.42. The maximum atomic E-state index is 13.0. The third kappa shape index (κ3) is 1.98. The van der Waals surface area contributed by atoms with Crippen molar-refractivity contribution in [3.63, 3.8) is 0 Å². The Kier molecular flexibility index (Phi) is 2.76. The number of aromatic nitrogens is 3. The van der Waals surface area contributed by atoms with Gasteiger partial charge in [0.2, 0.25) is 0 Å². The zero-order valence-corrected chi connectivity index (χ0v) is 9.03. The predicted octanol–water partition coefficient (Wildman–Crippen LogP) is 2.03. The third-order valence-electron chi connectivity index (χ3n) is 2.18. The molecule has 16 heavy (non-hydrogen) atoms. The van der Waals surface area contributed by atoms with E-state index in [1.807, 2.05) is 6.92 Å². The molecule has 0 spiro atoms. The van der Waals surface area contributed by atoms with E-state index in [1.54, 1.807) is 19.4 Å². The first-order chi connectivity index (χ1) is 7.70. The fraction of sp³-hybridized carbons (Fsp3) is 0.182. The van der Waals surface area contributed by atoms with E-state index >= 15 is 0 Å². The number of hydrogen-bond donors (Lipinski definition) is 1. The molecule has 0 fully saturated rings. The van der Waals surface area contributed by atoms with Gasteiger partial charge in [-0.25, -0.2) is 14.4 Å². The number of halogens is 1. The zero-order valence-electron chi connectivity index (χ0n) is 9.03. The van der Waals surface area contributed by atoms with Gasteiger partial charge in [-0.2, -0.15) is 0 Å². The van der Waals surface area contributed by atoms with Crippen molar-refractivity contribution in [3.8, 4) is 11.3 Å². The molecule has 0 radical (unpaired) electrons. The maximum Gasteiger partial charge on any atom is 0.147 e. The van der Waals surface area contributed by atoms with Crippen molar-refractivity contribution in [2.45, 2.75) is 6.92 Å². The Morgan fingerprint density at radius 2 is 2.06 bits per heavy atom. The quantitative estimate of drug-likeness (QED) is 0.837. The van der Waals surface area contributed by atoms with E-state index in [-0.39, 0.29) is 5.82 Å². The van der Waals surface area contributed by atoms with E-state index in [1.165, 1.54) is 6.07 Å². The molecule has 2 heterocycles. The maximum absolute atomic E-state index is 13.0. The molecule has 0 unspecified atom stereocenters. The molecule has 1 N–H and O–H groups in total. The molecular formula is C11H11FN4. The summed E-state index contributed by atoms with van der Waals surface area (Å²) in [5.41, 5.74) is 2.01. The molecule has 0 atom stereocenters. The first-order valence-corrected chi connectivity index (χ1v) is 4.83. The van der Waals surface area contributed by atoms with Crippen LogP contribution < -0.4 is 5.32 Å². The van der Waals surface area contributed by atoms with Crippen LogP contribution in [0, 0.1) is 12.7 Å². The van der Waals surface area contributed by atoms with E-state index in [0.717, 1.165) is 11.9 Å². The normalized spacial score (nSPS) is 10.2. The SMILES string of the molecule is CNc1ncc(-c2cncc(F)c2)nc1C. The standard InChI is InChI=1S/C11H11FN4/c1-7-11(13-2)15-6-10(16-7)8-3-9(12)5-14-4-8/h3-6H,1-2H3,(H,13,15). The minimum absolute atomic E-state index is 0.380. The molecule has 0 saturated heterocycles. The molecule has 82 valence electrons. The molecule has 0 aliphatic carbocycles. The summed E-state index contributed by atoms with van der Waals surface area (Å²) in [6.07, 6.45) is 4.31. The number of rotatable bonds is 2. The molecule has 2 aromatic heterocycles. The Bertz CT molecular complexity index is 513. The van der Waals surface area contributed by atoms with E-state index in [0.29, 0.717) is 17.1 Å². The van der Waals surface area contributed by atoms with E-state index in [4.69, 9.17) is 0 Å². The van der Waals surface area contributed by atoms with Crippen LogP contribution in [-0.4, -0.2) is 22.0 Å². The van der Waals surface area contributed by atoms with Crippen LogP contribution in [0.25, 0.3) is 11.3 Å². The Morgan fingerprint density at radius 1 is 1.25 bits per heavy atom. The summed E-state index contributed by atoms with van der Waals surface area (Å²) in [6.45, 7) is 1.84. The fourth-order valence-electron chi connectivity index (χ4n) is 1.42. The number of nitrogens with zero attached hydrogens (tertiary/aromatic N) is 3. The van der Waals surface area contributed by atoms with Crippen molar-refractivity contribution in [3.05, 3.63) is 36.2 Å². The minimum Gasteiger partial charge on any atom is -0.372 e. The summed E-state index contributed by atoms with van der Waals surface area (Å²) < 4.78 is 13.0. The van der Waals surface area contributed by atoms with E-state index in [2.05, 4.69) is 20.3 Å². The number of anilines is 1. The predicted molar refractivity (Wildman–Crippen MR) is 59.5 cm³/mol. The second kappa shape index (κ2) is 4.22. The van der Waals surface area contributed by atoms with Crippen molar-refractivity contribution in [1.29, 1.82) is 0 Å². The molecule has 0 bridgehead atoms. The molecule has 0 aliphatic rings. The highest BCUT2D eigenvalue weighted by Crippen LogP contribution is 2.18. The molecule has 0 saturated carbocycles. The molecule has 2 aromatic rings. The average molecular weight is 218 g/mol. The number of nitrogens with one attached hydrogen (secondary N) is 1. The lowest BCUT2D eigenvalue weighted by Gasteiger charge is -2.05. The van der Waals surface area contributed by atoms with Gasteiger partial charge in [0.1, 0.15) is 11.6 Å². The first kappa shape index (κ1) is 10.5. The van der Waals surface area contributed by atoms with Crippen LogP contribution in [0.2, 0.25) is 0 Å². The van der Waals surface area contributed by atoms with Crippen molar-refractivity contribution in [2.75, 3.05) is 12.4 Å². The lowest BCUT2D eigenvalue weighted by molar-refractivity contribution is 0.622. The van der Waals surface area contributed by atoms with E-state index < -0.39 is 0 Å². The first-order valence-electron chi connectivity index (χ1n) is 4.83. The van der Waals surface area contributed by atoms with Gasteiger partial charge in [-0.1, -0.05) is 0 Å². The summed E-state index contributed by atoms with van der Waals surface area (Å²) in [4.78, 5) is 12.3. The lowest BCUT2D eigenvalue weighted by atomic mass is 10.2. The van der Waals surface area contributed by atoms with Crippen LogP contribution in [0.4, 0.5) is 10.2 Å². The van der Waals surface area contributed by atoms with Gasteiger partial charge in [0.05, 0.1) is 23.8 Å². The molecule has 2 rings (SSSR count). The van der Waals surface area contributed by atoms with Gasteiger partial charge < -0.3 is 5.32 Å². The third-order valence-corrected chi connectivity index (χ3v) is 2.18. The van der Waals surface area contributed by atoms with Gasteiger partial charge in [-0.15, -0.1) is 0 Å². The lowest BCUT2D eigenvalue weighted by Crippen LogP contribution is -1.99. The number of pyridine rings is 1. The molecule has 0 aliphatic heterocycles. The Labute approximate surface area is 92.6 Å². The van der Waals surface area contributed by atoms with Crippen molar-refractivity contribution < 1.29 is 4.39 Å². The number of aryl methyl sites for hydroxylation is 1. The van der Waals surface area contributed by atoms with Crippen LogP contribution in [0.15, 0.2) is 24.7 Å². The van der Waals surface area contributed by atoms with Gasteiger partial charge >= 0.3 is 0 Å². The van der Waals surface area contributed by atoms with Crippen LogP contribution in [0.5, 0.6) is 0 Å². The van der Waals surface area contributed by atoms with Gasteiger partial charge in [-0.05, 0) is 13.0 Å². The Hall–Kier alpha value is -2.04. The monoisotopic (exact) mass is 218 g/mol. The van der Waals surface area contributed by atoms with Gasteiger partial charge in [0.15, 0.2) is 0 Å². The van der Waals surface area contributed by atoms with Crippen LogP contribution in [0.1, 0.15) is 5.69 Å². The summed E-state index contributed by atoms with van der Waals surface area (Å²) in [5.74, 6) is 0.336. The van der Waals surface area contributed by atoms with Crippen molar-refractivity contribution in [1.82, 2.24) is 15.0 Å². The Morgan fingerprint density at radius 3 is 2.69 bits per heavy atom. The molecule has 0 aromatic carbocycles. The minimum atomic E-state index is -0.380. The molecule has 5 heteroatoms. The van der Waals surface area contributed by atoms with Gasteiger partial charge in [-0.3, -0.25) is 4.98 Å². The smallest absolute Gasteiger partial charge is 0.147 e. The number of hydrogen-bond acceptors (Lipinski definition) is 4. The van der Waals surface area contributed by atoms with Gasteiger partial charge in [0.25, 0.3) is 0 Å². The Balaban J connectivity index is 2.45. The summed E-state index contributed by atoms with van der Waals surface area (Å²) >= 11 is 0. The highest BCUT2D eigenvalue weighted by molar-refractivity contribution is 5.58. The van der Waals surface area contributed by atoms with Crippen LogP contribution >= 0.6 is 0 Å². The molecular weight excluding hydrogens is 207 g/mol. The van der Waals surface area contributed by atoms with Crippen molar-refractivity contribution >= 4 is 5.82 Å². The van der Waals surface area contributed by atoms with Crippen molar-refractivity contribution in [2.24, 2.45) is 0 Å². The largest absolute Gasteiger partial charge is 0.372 e. The van der Waals surface area contributed by atoms with E-state index in [9.17, 15) is 4.39 Å². The topological polar surface area (TPSA) is 50.7 Å². The molecule has 4 nitrogen and oxygen atoms in total. The van der Waals surface area contributed by atoms with Crippen LogP contribution in [-0.2, 0) is 0 Å². The molecule has 0 amide bonds. The summed E-state index contributed by atoms with van der Waals surface area (Å²) in [7, 11) is 1.78. The zero-order chi connectivity index (χ0) is 11.5. The highest BCUT2D eigenvalue weighted by Gasteiger charge is 2.05. The highest BCUT2D eigenvalue weighted by atomic mass is 19.1. The average Bonchev–Trinajstić information content (AvgIpc) is 2.29.